The Morgan fingerprint density at radius 3 is 1.38 bits per heavy atom. The van der Waals surface area contributed by atoms with E-state index in [1.165, 1.54) is 0 Å². The summed E-state index contributed by atoms with van der Waals surface area (Å²) in [6.07, 6.45) is -0.551. The van der Waals surface area contributed by atoms with Gasteiger partial charge >= 0.3 is 0 Å². The molecule has 236 valence electrons. The normalized spacial score (nSPS) is 14.1. The van der Waals surface area contributed by atoms with E-state index in [0.717, 1.165) is 0 Å². The van der Waals surface area contributed by atoms with Gasteiger partial charge in [0.25, 0.3) is 0 Å². The molecule has 0 N–H and O–H groups in total. The van der Waals surface area contributed by atoms with Crippen molar-refractivity contribution in [2.24, 2.45) is 4.91 Å². The molecule has 0 aliphatic heterocycles. The van der Waals surface area contributed by atoms with Gasteiger partial charge in [-0.1, -0.05) is 0 Å². The SMILES string of the molecule is COCCOCC(COCN(C)P(=NOCC(COCCOC)OCCOC)(N(C)C)N(C)C)OCCOC. The zero-order chi connectivity index (χ0) is 29.4. The Morgan fingerprint density at radius 2 is 0.949 bits per heavy atom. The fourth-order valence-electron chi connectivity index (χ4n) is 3.36. The molecule has 14 nitrogen and oxygen atoms in total. The maximum atomic E-state index is 6.06. The van der Waals surface area contributed by atoms with Crippen LogP contribution in [0.3, 0.4) is 0 Å². The summed E-state index contributed by atoms with van der Waals surface area (Å²) in [4.78, 5) is 10.6. The molecule has 0 fully saturated rings. The molecule has 0 aromatic heterocycles. The Kier molecular flexibility index (Phi) is 25.2. The van der Waals surface area contributed by atoms with Gasteiger partial charge in [-0.15, -0.1) is 4.91 Å². The van der Waals surface area contributed by atoms with Crippen molar-refractivity contribution in [3.63, 3.8) is 0 Å². The molecule has 2 unspecified atom stereocenters. The third-order valence-corrected chi connectivity index (χ3v) is 8.81. The van der Waals surface area contributed by atoms with Gasteiger partial charge in [-0.05, 0) is 35.2 Å². The molecule has 0 rings (SSSR count). The minimum absolute atomic E-state index is 0.225. The predicted octanol–water partition coefficient (Wildman–Crippen LogP) is 1.28. The molecule has 0 saturated carbocycles. The van der Waals surface area contributed by atoms with Crippen molar-refractivity contribution < 1.29 is 47.5 Å². The fourth-order valence-corrected chi connectivity index (χ4v) is 6.18. The summed E-state index contributed by atoms with van der Waals surface area (Å²) in [5.74, 6) is 0. The van der Waals surface area contributed by atoms with Crippen LogP contribution in [0.5, 0.6) is 0 Å². The predicted molar refractivity (Wildman–Crippen MR) is 150 cm³/mol. The number of hydrogen-bond acceptors (Lipinski definition) is 11. The molecule has 0 radical (unpaired) electrons. The Labute approximate surface area is 236 Å². The monoisotopic (exact) mass is 590 g/mol. The Morgan fingerprint density at radius 1 is 0.538 bits per heavy atom. The average molecular weight is 591 g/mol. The first-order valence-corrected chi connectivity index (χ1v) is 14.6. The zero-order valence-corrected chi connectivity index (χ0v) is 26.6. The molecule has 0 heterocycles. The quantitative estimate of drug-likeness (QED) is 0.0565. The molecular formula is C24H55N4O10P. The summed E-state index contributed by atoms with van der Waals surface area (Å²) in [6, 6.07) is 0. The summed E-state index contributed by atoms with van der Waals surface area (Å²) in [7, 11) is 13.9. The molecule has 15 heteroatoms. The Bertz CT molecular complexity index is 595. The second-order valence-corrected chi connectivity index (χ2v) is 12.4. The van der Waals surface area contributed by atoms with Crippen LogP contribution in [0.2, 0.25) is 0 Å². The molecule has 0 saturated heterocycles. The van der Waals surface area contributed by atoms with Gasteiger partial charge in [0.05, 0.1) is 72.7 Å². The van der Waals surface area contributed by atoms with Crippen LogP contribution in [-0.4, -0.2) is 176 Å². The fraction of sp³-hybridized carbons (Fsp3) is 1.00. The van der Waals surface area contributed by atoms with E-state index < -0.39 is 7.51 Å². The molecule has 0 amide bonds. The molecule has 0 aromatic rings. The minimum atomic E-state index is -2.44. The van der Waals surface area contributed by atoms with Crippen LogP contribution < -0.4 is 0 Å². The lowest BCUT2D eigenvalue weighted by atomic mass is 10.4. The largest absolute Gasteiger partial charge is 0.382 e. The first kappa shape index (κ1) is 38.7. The van der Waals surface area contributed by atoms with Crippen molar-refractivity contribution in [1.82, 2.24) is 14.0 Å². The van der Waals surface area contributed by atoms with Gasteiger partial charge in [0, 0.05) is 28.4 Å². The first-order valence-electron chi connectivity index (χ1n) is 13.0. The van der Waals surface area contributed by atoms with E-state index >= 15 is 0 Å². The van der Waals surface area contributed by atoms with Crippen molar-refractivity contribution in [2.45, 2.75) is 12.2 Å². The maximum Gasteiger partial charge on any atom is 0.199 e. The van der Waals surface area contributed by atoms with Crippen LogP contribution in [-0.2, 0) is 47.5 Å². The average Bonchev–Trinajstić information content (AvgIpc) is 2.90. The molecule has 2 atom stereocenters. The first-order chi connectivity index (χ1) is 18.8. The van der Waals surface area contributed by atoms with Crippen LogP contribution in [0.1, 0.15) is 0 Å². The summed E-state index contributed by atoms with van der Waals surface area (Å²) in [5, 5.41) is 0. The highest BCUT2D eigenvalue weighted by molar-refractivity contribution is 7.58. The van der Waals surface area contributed by atoms with Crippen LogP contribution in [0.15, 0.2) is 4.91 Å². The second kappa shape index (κ2) is 25.4. The Balaban J connectivity index is 5.26. The highest BCUT2D eigenvalue weighted by Crippen LogP contribution is 2.55. The van der Waals surface area contributed by atoms with E-state index in [1.54, 1.807) is 28.4 Å². The van der Waals surface area contributed by atoms with Crippen molar-refractivity contribution in [3.8, 4) is 0 Å². The van der Waals surface area contributed by atoms with Crippen LogP contribution in [0.25, 0.3) is 0 Å². The van der Waals surface area contributed by atoms with Crippen molar-refractivity contribution in [3.05, 3.63) is 0 Å². The van der Waals surface area contributed by atoms with Crippen LogP contribution >= 0.6 is 7.51 Å². The smallest absolute Gasteiger partial charge is 0.199 e. The third kappa shape index (κ3) is 17.3. The van der Waals surface area contributed by atoms with Crippen LogP contribution in [0, 0.1) is 0 Å². The lowest BCUT2D eigenvalue weighted by Crippen LogP contribution is -2.36. The van der Waals surface area contributed by atoms with Gasteiger partial charge in [-0.25, -0.2) is 9.51 Å². The number of nitrogens with zero attached hydrogens (tertiary/aromatic N) is 4. The van der Waals surface area contributed by atoms with Gasteiger partial charge in [0.2, 0.25) is 0 Å². The summed E-state index contributed by atoms with van der Waals surface area (Å²) >= 11 is 0. The van der Waals surface area contributed by atoms with E-state index in [2.05, 4.69) is 0 Å². The molecular weight excluding hydrogens is 535 g/mol. The topological polar surface area (TPSA) is 114 Å². The second-order valence-electron chi connectivity index (χ2n) is 8.87. The highest BCUT2D eigenvalue weighted by Gasteiger charge is 2.32. The standard InChI is InChI=1S/C24H55N4O10P/c1-26(2)39(27(3)4,25-38-21-24(37-17-13-32-9)19-34-15-11-30-7)28(5)22-35-20-23(36-16-12-31-8)18-33-14-10-29-6/h23-24H,10-22H2,1-9H3. The number of methoxy groups -OCH3 is 4. The number of ether oxygens (including phenoxy) is 9. The molecule has 0 bridgehead atoms. The van der Waals surface area contributed by atoms with Gasteiger partial charge in [0.1, 0.15) is 25.5 Å². The summed E-state index contributed by atoms with van der Waals surface area (Å²) in [5.41, 5.74) is 0. The molecule has 0 aliphatic carbocycles. The minimum Gasteiger partial charge on any atom is -0.382 e. The zero-order valence-electron chi connectivity index (χ0n) is 25.7. The molecule has 0 aromatic carbocycles. The highest BCUT2D eigenvalue weighted by atomic mass is 31.2. The van der Waals surface area contributed by atoms with Gasteiger partial charge in [-0.2, -0.15) is 0 Å². The number of rotatable bonds is 28. The van der Waals surface area contributed by atoms with Gasteiger partial charge in [0.15, 0.2) is 7.51 Å². The lowest BCUT2D eigenvalue weighted by Gasteiger charge is -2.41. The van der Waals surface area contributed by atoms with E-state index in [9.17, 15) is 0 Å². The van der Waals surface area contributed by atoms with Crippen molar-refractivity contribution in [2.75, 3.05) is 150 Å². The van der Waals surface area contributed by atoms with E-state index in [0.29, 0.717) is 79.4 Å². The summed E-state index contributed by atoms with van der Waals surface area (Å²) in [6.45, 7) is 5.45. The van der Waals surface area contributed by atoms with Gasteiger partial charge < -0.3 is 42.6 Å². The molecule has 0 spiro atoms. The van der Waals surface area contributed by atoms with Crippen molar-refractivity contribution in [1.29, 1.82) is 0 Å². The lowest BCUT2D eigenvalue weighted by molar-refractivity contribution is -0.0820. The molecule has 0 aliphatic rings. The number of hydrogen-bond donors (Lipinski definition) is 0. The molecule has 39 heavy (non-hydrogen) atoms. The third-order valence-electron chi connectivity index (χ3n) is 5.29. The van der Waals surface area contributed by atoms with E-state index in [1.807, 2.05) is 49.2 Å². The summed E-state index contributed by atoms with van der Waals surface area (Å²) < 4.78 is 55.5. The maximum absolute atomic E-state index is 6.06. The Hall–Kier alpha value is -0.290. The van der Waals surface area contributed by atoms with Crippen LogP contribution in [0.4, 0.5) is 0 Å². The van der Waals surface area contributed by atoms with E-state index in [4.69, 9.17) is 52.4 Å². The van der Waals surface area contributed by atoms with Gasteiger partial charge in [-0.3, -0.25) is 9.34 Å². The van der Waals surface area contributed by atoms with Crippen molar-refractivity contribution >= 4 is 7.51 Å². The van der Waals surface area contributed by atoms with E-state index in [-0.39, 0.29) is 18.8 Å².